The molecule has 1 N–H and O–H groups in total. The van der Waals surface area contributed by atoms with E-state index in [1.807, 2.05) is 4.90 Å². The molecule has 2 aliphatic rings. The lowest BCUT2D eigenvalue weighted by Crippen LogP contribution is -2.46. The standard InChI is InChI=1S/C18H24FN3O3/c19-14-6-7-16(17(12-14)22(24)25)21-10-8-15(9-11-21)20-18(23)13-4-2-1-3-5-13/h6-7,12-13,15H,1-5,8-11H2,(H,20,23). The smallest absolute Gasteiger partial charge is 0.295 e. The number of hydrogen-bond donors (Lipinski definition) is 1. The number of benzene rings is 1. The number of nitro benzene ring substituents is 1. The Morgan fingerprint density at radius 1 is 1.16 bits per heavy atom. The van der Waals surface area contributed by atoms with Gasteiger partial charge in [0.1, 0.15) is 11.5 Å². The van der Waals surface area contributed by atoms with Crippen molar-refractivity contribution in [2.45, 2.75) is 51.0 Å². The van der Waals surface area contributed by atoms with Gasteiger partial charge in [-0.15, -0.1) is 0 Å². The van der Waals surface area contributed by atoms with Gasteiger partial charge in [0.25, 0.3) is 5.69 Å². The fourth-order valence-electron chi connectivity index (χ4n) is 3.86. The normalized spacial score (nSPS) is 19.6. The molecule has 0 unspecified atom stereocenters. The number of carbonyl (C=O) groups excluding carboxylic acids is 1. The largest absolute Gasteiger partial charge is 0.366 e. The number of amides is 1. The van der Waals surface area contributed by atoms with Crippen molar-refractivity contribution in [1.29, 1.82) is 0 Å². The van der Waals surface area contributed by atoms with E-state index in [4.69, 9.17) is 0 Å². The van der Waals surface area contributed by atoms with E-state index in [0.717, 1.165) is 44.6 Å². The third-order valence-corrected chi connectivity index (χ3v) is 5.29. The summed E-state index contributed by atoms with van der Waals surface area (Å²) in [5, 5.41) is 14.3. The molecule has 0 spiro atoms. The monoisotopic (exact) mass is 349 g/mol. The van der Waals surface area contributed by atoms with Gasteiger partial charge in [-0.2, -0.15) is 0 Å². The van der Waals surface area contributed by atoms with Crippen molar-refractivity contribution in [3.8, 4) is 0 Å². The number of nitro groups is 1. The van der Waals surface area contributed by atoms with Crippen molar-refractivity contribution in [2.75, 3.05) is 18.0 Å². The quantitative estimate of drug-likeness (QED) is 0.668. The minimum absolute atomic E-state index is 0.116. The SMILES string of the molecule is O=C(NC1CCN(c2ccc(F)cc2[N+](=O)[O-])CC1)C1CCCCC1. The van der Waals surface area contributed by atoms with Crippen molar-refractivity contribution in [3.05, 3.63) is 34.1 Å². The maximum atomic E-state index is 13.3. The maximum Gasteiger partial charge on any atom is 0.295 e. The number of nitrogens with zero attached hydrogens (tertiary/aromatic N) is 2. The highest BCUT2D eigenvalue weighted by Gasteiger charge is 2.28. The Bertz CT molecular complexity index is 638. The molecular weight excluding hydrogens is 325 g/mol. The Hall–Kier alpha value is -2.18. The molecule has 1 heterocycles. The molecule has 0 atom stereocenters. The first-order chi connectivity index (χ1) is 12.0. The molecule has 3 rings (SSSR count). The molecule has 0 radical (unpaired) electrons. The minimum atomic E-state index is -0.606. The maximum absolute atomic E-state index is 13.3. The van der Waals surface area contributed by atoms with Crippen LogP contribution >= 0.6 is 0 Å². The van der Waals surface area contributed by atoms with Gasteiger partial charge < -0.3 is 10.2 Å². The second-order valence-electron chi connectivity index (χ2n) is 6.99. The molecule has 2 fully saturated rings. The summed E-state index contributed by atoms with van der Waals surface area (Å²) in [4.78, 5) is 24.9. The van der Waals surface area contributed by atoms with Gasteiger partial charge in [-0.1, -0.05) is 19.3 Å². The van der Waals surface area contributed by atoms with Crippen molar-refractivity contribution in [3.63, 3.8) is 0 Å². The van der Waals surface area contributed by atoms with E-state index in [9.17, 15) is 19.3 Å². The molecule has 1 saturated carbocycles. The first-order valence-electron chi connectivity index (χ1n) is 9.04. The molecule has 1 aromatic rings. The molecule has 6 nitrogen and oxygen atoms in total. The highest BCUT2D eigenvalue weighted by atomic mass is 19.1. The lowest BCUT2D eigenvalue weighted by Gasteiger charge is -2.34. The summed E-state index contributed by atoms with van der Waals surface area (Å²) >= 11 is 0. The van der Waals surface area contributed by atoms with Gasteiger partial charge >= 0.3 is 0 Å². The van der Waals surface area contributed by atoms with Gasteiger partial charge in [-0.05, 0) is 37.8 Å². The molecule has 25 heavy (non-hydrogen) atoms. The van der Waals surface area contributed by atoms with Gasteiger partial charge in [0, 0.05) is 25.0 Å². The first-order valence-corrected chi connectivity index (χ1v) is 9.04. The van der Waals surface area contributed by atoms with Crippen LogP contribution < -0.4 is 10.2 Å². The summed E-state index contributed by atoms with van der Waals surface area (Å²) in [5.41, 5.74) is 0.244. The van der Waals surface area contributed by atoms with E-state index in [-0.39, 0.29) is 23.6 Å². The predicted molar refractivity (Wildman–Crippen MR) is 93.0 cm³/mol. The summed E-state index contributed by atoms with van der Waals surface area (Å²) in [6, 6.07) is 3.80. The number of piperidine rings is 1. The van der Waals surface area contributed by atoms with Crippen molar-refractivity contribution in [1.82, 2.24) is 5.32 Å². The lowest BCUT2D eigenvalue weighted by atomic mass is 9.88. The first kappa shape index (κ1) is 17.6. The van der Waals surface area contributed by atoms with E-state index < -0.39 is 10.7 Å². The number of hydrogen-bond acceptors (Lipinski definition) is 4. The van der Waals surface area contributed by atoms with E-state index in [0.29, 0.717) is 18.8 Å². The molecule has 1 aromatic carbocycles. The Morgan fingerprint density at radius 2 is 1.84 bits per heavy atom. The zero-order chi connectivity index (χ0) is 17.8. The van der Waals surface area contributed by atoms with E-state index >= 15 is 0 Å². The third kappa shape index (κ3) is 4.27. The van der Waals surface area contributed by atoms with Gasteiger partial charge in [-0.3, -0.25) is 14.9 Å². The number of carbonyl (C=O) groups is 1. The van der Waals surface area contributed by atoms with Crippen LogP contribution in [0.3, 0.4) is 0 Å². The average Bonchev–Trinajstić information content (AvgIpc) is 2.63. The molecular formula is C18H24FN3O3. The highest BCUT2D eigenvalue weighted by molar-refractivity contribution is 5.79. The van der Waals surface area contributed by atoms with Gasteiger partial charge in [-0.25, -0.2) is 4.39 Å². The Labute approximate surface area is 146 Å². The summed E-state index contributed by atoms with van der Waals surface area (Å²) in [6.45, 7) is 1.23. The van der Waals surface area contributed by atoms with Crippen LogP contribution in [0.2, 0.25) is 0 Å². The Kier molecular flexibility index (Phi) is 5.50. The molecule has 7 heteroatoms. The molecule has 1 aliphatic carbocycles. The van der Waals surface area contributed by atoms with Crippen LogP contribution in [0.25, 0.3) is 0 Å². The number of anilines is 1. The van der Waals surface area contributed by atoms with E-state index in [1.54, 1.807) is 0 Å². The molecule has 0 bridgehead atoms. The molecule has 0 aromatic heterocycles. The summed E-state index contributed by atoms with van der Waals surface area (Å²) < 4.78 is 13.3. The van der Waals surface area contributed by atoms with Crippen LogP contribution in [0.4, 0.5) is 15.8 Å². The zero-order valence-electron chi connectivity index (χ0n) is 14.2. The number of rotatable bonds is 4. The second-order valence-corrected chi connectivity index (χ2v) is 6.99. The Balaban J connectivity index is 1.57. The van der Waals surface area contributed by atoms with E-state index in [2.05, 4.69) is 5.32 Å². The average molecular weight is 349 g/mol. The lowest BCUT2D eigenvalue weighted by molar-refractivity contribution is -0.384. The molecule has 136 valence electrons. The Morgan fingerprint density at radius 3 is 2.48 bits per heavy atom. The van der Waals surface area contributed by atoms with Crippen LogP contribution in [0, 0.1) is 21.8 Å². The van der Waals surface area contributed by atoms with Crippen LogP contribution in [-0.2, 0) is 4.79 Å². The number of halogens is 1. The summed E-state index contributed by atoms with van der Waals surface area (Å²) in [5.74, 6) is -0.305. The van der Waals surface area contributed by atoms with Gasteiger partial charge in [0.2, 0.25) is 5.91 Å². The minimum Gasteiger partial charge on any atom is -0.366 e. The van der Waals surface area contributed by atoms with Crippen molar-refractivity contribution >= 4 is 17.3 Å². The van der Waals surface area contributed by atoms with Gasteiger partial charge in [0.05, 0.1) is 11.0 Å². The van der Waals surface area contributed by atoms with Crippen LogP contribution in [0.5, 0.6) is 0 Å². The van der Waals surface area contributed by atoms with E-state index in [1.165, 1.54) is 18.6 Å². The van der Waals surface area contributed by atoms with Crippen molar-refractivity contribution < 1.29 is 14.1 Å². The molecule has 1 aliphatic heterocycles. The summed E-state index contributed by atoms with van der Waals surface area (Å²) in [6.07, 6.45) is 6.92. The third-order valence-electron chi connectivity index (χ3n) is 5.29. The topological polar surface area (TPSA) is 75.5 Å². The fraction of sp³-hybridized carbons (Fsp3) is 0.611. The predicted octanol–water partition coefficient (Wildman–Crippen LogP) is 3.40. The molecule has 1 amide bonds. The fourth-order valence-corrected chi connectivity index (χ4v) is 3.86. The van der Waals surface area contributed by atoms with Crippen LogP contribution in [-0.4, -0.2) is 30.0 Å². The second kappa shape index (κ2) is 7.80. The van der Waals surface area contributed by atoms with Crippen LogP contribution in [0.1, 0.15) is 44.9 Å². The summed E-state index contributed by atoms with van der Waals surface area (Å²) in [7, 11) is 0. The highest BCUT2D eigenvalue weighted by Crippen LogP contribution is 2.31. The number of nitrogens with one attached hydrogen (secondary N) is 1. The zero-order valence-corrected chi connectivity index (χ0v) is 14.2. The van der Waals surface area contributed by atoms with Gasteiger partial charge in [0.15, 0.2) is 0 Å². The van der Waals surface area contributed by atoms with Crippen molar-refractivity contribution in [2.24, 2.45) is 5.92 Å². The van der Waals surface area contributed by atoms with Crippen LogP contribution in [0.15, 0.2) is 18.2 Å². The molecule has 1 saturated heterocycles.